The van der Waals surface area contributed by atoms with Crippen LogP contribution in [0.2, 0.25) is 0 Å². The molecule has 2 aromatic rings. The van der Waals surface area contributed by atoms with Crippen LogP contribution in [-0.2, 0) is 9.59 Å². The minimum atomic E-state index is -1.03. The molecule has 6 heteroatoms. The van der Waals surface area contributed by atoms with Gasteiger partial charge in [0.1, 0.15) is 4.32 Å². The number of fused-ring (bicyclic) bond motifs is 1. The van der Waals surface area contributed by atoms with Crippen LogP contribution < -0.4 is 5.11 Å². The first-order chi connectivity index (χ1) is 12.6. The van der Waals surface area contributed by atoms with Gasteiger partial charge in [-0.15, -0.1) is 0 Å². The molecule has 26 heavy (non-hydrogen) atoms. The summed E-state index contributed by atoms with van der Waals surface area (Å²) in [5, 5.41) is 12.7. The predicted molar refractivity (Wildman–Crippen MR) is 107 cm³/mol. The Labute approximate surface area is 161 Å². The monoisotopic (exact) mass is 384 g/mol. The number of carboxylic acids is 1. The number of carboxylic acid groups (broad SMARTS) is 1. The van der Waals surface area contributed by atoms with Crippen molar-refractivity contribution >= 4 is 57.0 Å². The number of unbranched alkanes of at least 4 members (excludes halogenated alkanes) is 2. The van der Waals surface area contributed by atoms with Crippen LogP contribution in [0.5, 0.6) is 0 Å². The molecule has 0 saturated carbocycles. The number of rotatable bonds is 7. The lowest BCUT2D eigenvalue weighted by molar-refractivity contribution is -0.305. The van der Waals surface area contributed by atoms with Crippen molar-refractivity contribution in [1.29, 1.82) is 0 Å². The number of benzene rings is 2. The van der Waals surface area contributed by atoms with E-state index in [1.807, 2.05) is 48.5 Å². The smallest absolute Gasteiger partial charge is 0.266 e. The van der Waals surface area contributed by atoms with Crippen LogP contribution in [-0.4, -0.2) is 27.6 Å². The summed E-state index contributed by atoms with van der Waals surface area (Å²) in [5.74, 6) is -1.11. The lowest BCUT2D eigenvalue weighted by Crippen LogP contribution is -2.29. The van der Waals surface area contributed by atoms with E-state index in [1.165, 1.54) is 11.8 Å². The molecule has 0 spiro atoms. The highest BCUT2D eigenvalue weighted by atomic mass is 32.2. The van der Waals surface area contributed by atoms with Crippen LogP contribution >= 0.6 is 24.0 Å². The van der Waals surface area contributed by atoms with E-state index in [0.29, 0.717) is 22.2 Å². The summed E-state index contributed by atoms with van der Waals surface area (Å²) >= 11 is 6.67. The van der Waals surface area contributed by atoms with Gasteiger partial charge in [-0.05, 0) is 41.7 Å². The number of carbonyl (C=O) groups excluding carboxylic acids is 2. The lowest BCUT2D eigenvalue weighted by Gasteiger charge is -2.14. The lowest BCUT2D eigenvalue weighted by atomic mass is 10.0. The van der Waals surface area contributed by atoms with Crippen molar-refractivity contribution in [3.05, 3.63) is 52.9 Å². The molecule has 0 N–H and O–H groups in total. The third-order valence-corrected chi connectivity index (χ3v) is 5.62. The first kappa shape index (κ1) is 18.6. The summed E-state index contributed by atoms with van der Waals surface area (Å²) in [6.07, 6.45) is 3.97. The van der Waals surface area contributed by atoms with Crippen molar-refractivity contribution in [3.63, 3.8) is 0 Å². The van der Waals surface area contributed by atoms with E-state index < -0.39 is 5.97 Å². The quantitative estimate of drug-likeness (QED) is 0.416. The third kappa shape index (κ3) is 4.31. The molecule has 0 bridgehead atoms. The van der Waals surface area contributed by atoms with Gasteiger partial charge in [-0.1, -0.05) is 72.9 Å². The van der Waals surface area contributed by atoms with E-state index in [1.54, 1.807) is 4.90 Å². The summed E-state index contributed by atoms with van der Waals surface area (Å²) in [6.45, 7) is 0.518. The van der Waals surface area contributed by atoms with Gasteiger partial charge in [0, 0.05) is 12.5 Å². The molecule has 0 unspecified atom stereocenters. The maximum absolute atomic E-state index is 12.7. The van der Waals surface area contributed by atoms with Gasteiger partial charge in [-0.2, -0.15) is 0 Å². The van der Waals surface area contributed by atoms with Crippen LogP contribution in [0.1, 0.15) is 31.2 Å². The predicted octanol–water partition coefficient (Wildman–Crippen LogP) is 3.35. The zero-order valence-electron chi connectivity index (χ0n) is 14.1. The van der Waals surface area contributed by atoms with Crippen LogP contribution in [0.15, 0.2) is 47.4 Å². The van der Waals surface area contributed by atoms with E-state index in [2.05, 4.69) is 0 Å². The van der Waals surface area contributed by atoms with Crippen molar-refractivity contribution in [2.24, 2.45) is 0 Å². The zero-order chi connectivity index (χ0) is 18.5. The minimum absolute atomic E-state index is 0.0549. The van der Waals surface area contributed by atoms with Gasteiger partial charge < -0.3 is 9.90 Å². The van der Waals surface area contributed by atoms with Crippen molar-refractivity contribution < 1.29 is 14.7 Å². The molecule has 0 aliphatic carbocycles. The van der Waals surface area contributed by atoms with Crippen LogP contribution in [0.25, 0.3) is 16.8 Å². The number of nitrogens with zero attached hydrogens (tertiary/aromatic N) is 1. The second-order valence-electron chi connectivity index (χ2n) is 6.08. The Kier molecular flexibility index (Phi) is 6.06. The normalized spacial score (nSPS) is 16.0. The second-order valence-corrected chi connectivity index (χ2v) is 7.76. The third-order valence-electron chi connectivity index (χ3n) is 4.25. The Morgan fingerprint density at radius 2 is 1.88 bits per heavy atom. The Hall–Kier alpha value is -2.18. The van der Waals surface area contributed by atoms with Gasteiger partial charge >= 0.3 is 0 Å². The Balaban J connectivity index is 1.70. The molecule has 0 radical (unpaired) electrons. The van der Waals surface area contributed by atoms with Gasteiger partial charge in [0.25, 0.3) is 5.91 Å². The molecule has 2 aromatic carbocycles. The van der Waals surface area contributed by atoms with Gasteiger partial charge in [0.05, 0.1) is 4.91 Å². The number of hydrogen-bond donors (Lipinski definition) is 0. The molecule has 1 saturated heterocycles. The molecule has 1 aliphatic rings. The van der Waals surface area contributed by atoms with Crippen LogP contribution in [0.3, 0.4) is 0 Å². The molecular formula is C20H18NO3S2-. The fourth-order valence-electron chi connectivity index (χ4n) is 2.93. The number of carbonyl (C=O) groups is 2. The van der Waals surface area contributed by atoms with E-state index in [4.69, 9.17) is 12.2 Å². The zero-order valence-corrected chi connectivity index (χ0v) is 15.8. The number of thiocarbonyl (C=S) groups is 1. The van der Waals surface area contributed by atoms with Gasteiger partial charge in [-0.25, -0.2) is 0 Å². The minimum Gasteiger partial charge on any atom is -0.550 e. The topological polar surface area (TPSA) is 60.4 Å². The summed E-state index contributed by atoms with van der Waals surface area (Å²) in [4.78, 5) is 25.3. The fourth-order valence-corrected chi connectivity index (χ4v) is 4.23. The molecule has 3 rings (SSSR count). The summed E-state index contributed by atoms with van der Waals surface area (Å²) in [6, 6.07) is 14.1. The second kappa shape index (κ2) is 8.47. The maximum atomic E-state index is 12.7. The van der Waals surface area contributed by atoms with Gasteiger partial charge in [0.15, 0.2) is 0 Å². The first-order valence-electron chi connectivity index (χ1n) is 8.49. The molecule has 4 nitrogen and oxygen atoms in total. The summed E-state index contributed by atoms with van der Waals surface area (Å²) in [7, 11) is 0. The SMILES string of the molecule is O=C([O-])CCCCCN1C(=O)/C(=C/c2cccc3ccccc23)SC1=S. The maximum Gasteiger partial charge on any atom is 0.266 e. The highest BCUT2D eigenvalue weighted by molar-refractivity contribution is 8.26. The first-order valence-corrected chi connectivity index (χ1v) is 9.72. The molecule has 1 heterocycles. The summed E-state index contributed by atoms with van der Waals surface area (Å²) in [5.41, 5.74) is 0.998. The molecule has 1 amide bonds. The van der Waals surface area contributed by atoms with E-state index >= 15 is 0 Å². The molecule has 1 aliphatic heterocycles. The van der Waals surface area contributed by atoms with Crippen LogP contribution in [0.4, 0.5) is 0 Å². The Morgan fingerprint density at radius 3 is 2.69 bits per heavy atom. The van der Waals surface area contributed by atoms with Gasteiger partial charge in [0.2, 0.25) is 0 Å². The molecule has 134 valence electrons. The Bertz CT molecular complexity index is 886. The number of hydrogen-bond acceptors (Lipinski definition) is 5. The fraction of sp³-hybridized carbons (Fsp3) is 0.250. The average Bonchev–Trinajstić information content (AvgIpc) is 2.89. The standard InChI is InChI=1S/C20H19NO3S2/c22-18(23)11-2-1-5-12-21-19(24)17(26-20(21)25)13-15-9-6-8-14-7-3-4-10-16(14)15/h3-4,6-10,13H,1-2,5,11-12H2,(H,22,23)/p-1/b17-13-. The largest absolute Gasteiger partial charge is 0.550 e. The average molecular weight is 385 g/mol. The summed E-state index contributed by atoms with van der Waals surface area (Å²) < 4.78 is 0.557. The molecule has 0 aromatic heterocycles. The van der Waals surface area contributed by atoms with Crippen molar-refractivity contribution in [2.75, 3.05) is 6.54 Å². The highest BCUT2D eigenvalue weighted by Crippen LogP contribution is 2.34. The van der Waals surface area contributed by atoms with E-state index in [0.717, 1.165) is 29.2 Å². The number of thioether (sulfide) groups is 1. The van der Waals surface area contributed by atoms with E-state index in [9.17, 15) is 14.7 Å². The molecule has 0 atom stereocenters. The highest BCUT2D eigenvalue weighted by Gasteiger charge is 2.31. The van der Waals surface area contributed by atoms with Crippen molar-refractivity contribution in [2.45, 2.75) is 25.7 Å². The van der Waals surface area contributed by atoms with Gasteiger partial charge in [-0.3, -0.25) is 9.69 Å². The van der Waals surface area contributed by atoms with E-state index in [-0.39, 0.29) is 12.3 Å². The molecular weight excluding hydrogens is 366 g/mol. The number of amides is 1. The Morgan fingerprint density at radius 1 is 1.12 bits per heavy atom. The number of aliphatic carboxylic acids is 1. The van der Waals surface area contributed by atoms with Crippen molar-refractivity contribution in [3.8, 4) is 0 Å². The van der Waals surface area contributed by atoms with Crippen LogP contribution in [0, 0.1) is 0 Å². The molecule has 1 fully saturated rings. The van der Waals surface area contributed by atoms with Crippen molar-refractivity contribution in [1.82, 2.24) is 4.90 Å².